The van der Waals surface area contributed by atoms with Gasteiger partial charge in [0.15, 0.2) is 29.4 Å². The molecule has 6 rings (SSSR count). The maximum atomic E-state index is 11.5. The van der Waals surface area contributed by atoms with Crippen LogP contribution in [0.15, 0.2) is 46.7 Å². The van der Waals surface area contributed by atoms with Gasteiger partial charge >= 0.3 is 0 Å². The number of aromatic hydroxyl groups is 1. The van der Waals surface area contributed by atoms with E-state index in [4.69, 9.17) is 14.5 Å². The van der Waals surface area contributed by atoms with Crippen molar-refractivity contribution in [3.05, 3.63) is 59.2 Å². The normalized spacial score (nSPS) is 27.0. The van der Waals surface area contributed by atoms with Gasteiger partial charge in [0, 0.05) is 31.9 Å². The van der Waals surface area contributed by atoms with E-state index in [-0.39, 0.29) is 49.0 Å². The standard InChI is InChI=1S/C42H62N2O7/c1-3-4-12-39-29(25-46)21-30(51-39)15-13-28-14-16-37(48)40(20-28)50-26-38(49)35-22-32-36(44-35)23-42(17-5-6-18-42)33-10-7-9-31(33)41(32)34(11-8-19-45)43-24-27(2)47/h14,16,20-22,27,31,33-34,38-39,41,43,45-49H,3-13,15,17-19,23-26H2,1-2H3/t27-,31+,33-,34-,38-,39?,41+/m0/s1. The quantitative estimate of drug-likeness (QED) is 0.100. The fourth-order valence-corrected chi connectivity index (χ4v) is 10.0. The van der Waals surface area contributed by atoms with Crippen molar-refractivity contribution in [2.75, 3.05) is 26.4 Å². The minimum absolute atomic E-state index is 0.00539. The Labute approximate surface area is 305 Å². The van der Waals surface area contributed by atoms with Gasteiger partial charge in [0.2, 0.25) is 0 Å². The molecular weight excluding hydrogens is 644 g/mol. The van der Waals surface area contributed by atoms with Crippen LogP contribution in [-0.4, -0.2) is 82.0 Å². The van der Waals surface area contributed by atoms with Gasteiger partial charge in [0.25, 0.3) is 0 Å². The number of aliphatic imine (C=N–C) groups is 1. The molecule has 6 N–H and O–H groups in total. The number of rotatable bonds is 18. The highest BCUT2D eigenvalue weighted by Crippen LogP contribution is 2.61. The van der Waals surface area contributed by atoms with Gasteiger partial charge in [-0.2, -0.15) is 12.0 Å². The molecule has 3 fully saturated rings. The second-order valence-electron chi connectivity index (χ2n) is 16.0. The molecule has 1 aromatic carbocycles. The third kappa shape index (κ3) is 8.76. The summed E-state index contributed by atoms with van der Waals surface area (Å²) in [6.45, 7) is 4.56. The van der Waals surface area contributed by atoms with Crippen molar-refractivity contribution in [3.63, 3.8) is 0 Å². The van der Waals surface area contributed by atoms with Crippen molar-refractivity contribution in [1.29, 1.82) is 0 Å². The van der Waals surface area contributed by atoms with E-state index in [0.717, 1.165) is 55.1 Å². The third-order valence-corrected chi connectivity index (χ3v) is 12.5. The fourth-order valence-electron chi connectivity index (χ4n) is 10.0. The molecule has 282 valence electrons. The zero-order valence-electron chi connectivity index (χ0n) is 30.9. The van der Waals surface area contributed by atoms with Gasteiger partial charge in [-0.1, -0.05) is 57.3 Å². The van der Waals surface area contributed by atoms with Crippen LogP contribution in [0.3, 0.4) is 0 Å². The number of nitrogens with zero attached hydrogens (tertiary/aromatic N) is 1. The van der Waals surface area contributed by atoms with Crippen molar-refractivity contribution in [2.45, 2.75) is 135 Å². The maximum Gasteiger partial charge on any atom is 0.190 e. The molecule has 3 aliphatic carbocycles. The Hall–Kier alpha value is -2.69. The summed E-state index contributed by atoms with van der Waals surface area (Å²) >= 11 is 0. The first kappa shape index (κ1) is 38.0. The Kier molecular flexibility index (Phi) is 13.0. The molecule has 1 unspecified atom stereocenters. The Bertz CT molecular complexity index is 1380. The summed E-state index contributed by atoms with van der Waals surface area (Å²) in [6.07, 6.45) is 18.1. The predicted molar refractivity (Wildman–Crippen MR) is 199 cm³/mol. The largest absolute Gasteiger partial charge is 0.592 e. The average Bonchev–Trinajstić information content (AvgIpc) is 3.94. The number of ether oxygens (including phenoxy) is 2. The van der Waals surface area contributed by atoms with Crippen molar-refractivity contribution >= 4 is 5.71 Å². The van der Waals surface area contributed by atoms with Crippen LogP contribution in [0.2, 0.25) is 0 Å². The lowest BCUT2D eigenvalue weighted by Crippen LogP contribution is -2.45. The van der Waals surface area contributed by atoms with Crippen LogP contribution in [0.5, 0.6) is 11.5 Å². The molecule has 0 saturated heterocycles. The zero-order valence-corrected chi connectivity index (χ0v) is 30.9. The number of fused-ring (bicyclic) bond motifs is 3. The number of hydrogen-bond donors (Lipinski definition) is 6. The lowest BCUT2D eigenvalue weighted by Gasteiger charge is -2.39. The summed E-state index contributed by atoms with van der Waals surface area (Å²) in [5.74, 6) is 3.49. The van der Waals surface area contributed by atoms with Crippen molar-refractivity contribution < 1.29 is 35.0 Å². The predicted octanol–water partition coefficient (Wildman–Crippen LogP) is 6.13. The van der Waals surface area contributed by atoms with Gasteiger partial charge in [0.1, 0.15) is 12.2 Å². The average molecular weight is 707 g/mol. The first-order valence-electron chi connectivity index (χ1n) is 19.9. The minimum Gasteiger partial charge on any atom is -0.592 e. The summed E-state index contributed by atoms with van der Waals surface area (Å²) in [4.78, 5) is 5.17. The van der Waals surface area contributed by atoms with Crippen molar-refractivity contribution in [1.82, 2.24) is 5.32 Å². The molecule has 2 aliphatic heterocycles. The number of nitrogens with one attached hydrogen (secondary N) is 1. The topological polar surface area (TPSA) is 144 Å². The molecule has 1 aromatic rings. The molecule has 3 saturated carbocycles. The van der Waals surface area contributed by atoms with Gasteiger partial charge < -0.3 is 40.3 Å². The molecule has 0 amide bonds. The number of hydrogen-bond acceptors (Lipinski definition) is 9. The summed E-state index contributed by atoms with van der Waals surface area (Å²) in [7, 11) is 0. The van der Waals surface area contributed by atoms with Gasteiger partial charge in [-0.3, -0.25) is 0 Å². The van der Waals surface area contributed by atoms with Gasteiger partial charge in [-0.25, -0.2) is 0 Å². The van der Waals surface area contributed by atoms with Crippen LogP contribution >= 0.6 is 0 Å². The smallest absolute Gasteiger partial charge is 0.190 e. The van der Waals surface area contributed by atoms with Crippen molar-refractivity contribution in [3.8, 4) is 11.5 Å². The number of allylic oxidation sites excluding steroid dienone is 1. The second-order valence-corrected chi connectivity index (χ2v) is 16.0. The van der Waals surface area contributed by atoms with Crippen LogP contribution in [0.4, 0.5) is 0 Å². The highest BCUT2D eigenvalue weighted by Gasteiger charge is 2.58. The Balaban J connectivity index is 1.16. The van der Waals surface area contributed by atoms with E-state index in [1.54, 1.807) is 6.07 Å². The van der Waals surface area contributed by atoms with Gasteiger partial charge in [-0.15, -0.1) is 4.99 Å². The van der Waals surface area contributed by atoms with E-state index in [1.165, 1.54) is 50.5 Å². The molecule has 0 aromatic heterocycles. The van der Waals surface area contributed by atoms with Gasteiger partial charge in [-0.05, 0) is 93.2 Å². The molecule has 7 atom stereocenters. The highest BCUT2D eigenvalue weighted by atomic mass is 16.5. The highest BCUT2D eigenvalue weighted by molar-refractivity contribution is 6.04. The monoisotopic (exact) mass is 706 g/mol. The summed E-state index contributed by atoms with van der Waals surface area (Å²) in [5, 5.41) is 55.7. The number of aliphatic hydroxyl groups excluding tert-OH is 4. The molecule has 0 radical (unpaired) electrons. The van der Waals surface area contributed by atoms with Crippen LogP contribution in [0, 0.1) is 35.1 Å². The number of phenols is 1. The van der Waals surface area contributed by atoms with Gasteiger partial charge in [0.05, 0.1) is 24.5 Å². The summed E-state index contributed by atoms with van der Waals surface area (Å²) in [5.41, 5.74) is 3.55. The zero-order chi connectivity index (χ0) is 36.0. The van der Waals surface area contributed by atoms with E-state index in [2.05, 4.69) is 18.3 Å². The fraction of sp³-hybridized carbons (Fsp3) is 0.690. The maximum absolute atomic E-state index is 11.5. The van der Waals surface area contributed by atoms with Crippen LogP contribution in [0.1, 0.15) is 109 Å². The molecule has 1 spiro atoms. The molecule has 9 nitrogen and oxygen atoms in total. The number of unbranched alkanes of at least 4 members (excludes halogenated alkanes) is 1. The Morgan fingerprint density at radius 2 is 1.94 bits per heavy atom. The molecule has 5 aliphatic rings. The first-order valence-corrected chi connectivity index (χ1v) is 19.9. The lowest BCUT2D eigenvalue weighted by molar-refractivity contribution is 0.0983. The molecule has 9 heteroatoms. The number of benzene rings is 1. The number of aryl methyl sites for hydroxylation is 1. The summed E-state index contributed by atoms with van der Waals surface area (Å²) in [6, 6.07) is 6.05. The number of phenolic OH excluding ortho intramolecular Hbond substituents is 1. The third-order valence-electron chi connectivity index (χ3n) is 12.5. The van der Waals surface area contributed by atoms with Crippen LogP contribution < -0.4 is 10.1 Å². The SMILES string of the molecule is CCCCC1OC(CCc2ccc(O)c(OC[C@H](O)[C+]3C=C4C(=N3)CC3(CCCC3)[C@H]3CCC[C@H]3[C@H]4[C@H](CCCO)NC[C@H](C)O)c2)=C[C-]1CO. The minimum atomic E-state index is -0.967. The van der Waals surface area contributed by atoms with E-state index >= 15 is 0 Å². The number of aliphatic hydroxyl groups is 4. The Morgan fingerprint density at radius 3 is 2.69 bits per heavy atom. The second kappa shape index (κ2) is 17.4. The first-order chi connectivity index (χ1) is 24.7. The van der Waals surface area contributed by atoms with E-state index < -0.39 is 12.2 Å². The Morgan fingerprint density at radius 1 is 1.12 bits per heavy atom. The van der Waals surface area contributed by atoms with Crippen LogP contribution in [-0.2, 0) is 11.2 Å². The van der Waals surface area contributed by atoms with E-state index in [9.17, 15) is 25.5 Å². The van der Waals surface area contributed by atoms with E-state index in [0.29, 0.717) is 49.4 Å². The molecule has 0 bridgehead atoms. The van der Waals surface area contributed by atoms with Crippen LogP contribution in [0.25, 0.3) is 0 Å². The molecule has 2 heterocycles. The molecular formula is C42H62N2O7. The van der Waals surface area contributed by atoms with Crippen molar-refractivity contribution in [2.24, 2.45) is 28.2 Å². The lowest BCUT2D eigenvalue weighted by atomic mass is 9.65. The molecule has 51 heavy (non-hydrogen) atoms. The summed E-state index contributed by atoms with van der Waals surface area (Å²) < 4.78 is 12.2. The van der Waals surface area contributed by atoms with E-state index in [1.807, 2.05) is 25.1 Å².